The van der Waals surface area contributed by atoms with E-state index >= 15 is 0 Å². The first kappa shape index (κ1) is 8.86. The fourth-order valence-corrected chi connectivity index (χ4v) is 2.33. The molecule has 1 heteroatoms. The van der Waals surface area contributed by atoms with E-state index in [1.165, 1.54) is 38.5 Å². The van der Waals surface area contributed by atoms with Crippen LogP contribution in [-0.4, -0.2) is 6.04 Å². The molecule has 0 amide bonds. The van der Waals surface area contributed by atoms with E-state index < -0.39 is 0 Å². The van der Waals surface area contributed by atoms with Crippen molar-refractivity contribution < 1.29 is 0 Å². The highest BCUT2D eigenvalue weighted by atomic mass is 14.9. The maximum absolute atomic E-state index is 3.39. The summed E-state index contributed by atoms with van der Waals surface area (Å²) in [5.74, 6) is 0.823. The molecule has 0 aromatic heterocycles. The van der Waals surface area contributed by atoms with Crippen LogP contribution in [0.5, 0.6) is 0 Å². The van der Waals surface area contributed by atoms with Crippen LogP contribution in [-0.2, 0) is 0 Å². The summed E-state index contributed by atoms with van der Waals surface area (Å²) < 4.78 is 0. The number of allylic oxidation sites excluding steroid dienone is 2. The normalized spacial score (nSPS) is 29.7. The third-order valence-corrected chi connectivity index (χ3v) is 3.12. The Labute approximate surface area is 80.9 Å². The molecule has 0 aromatic carbocycles. The average Bonchev–Trinajstić information content (AvgIpc) is 2.47. The van der Waals surface area contributed by atoms with E-state index in [9.17, 15) is 0 Å². The van der Waals surface area contributed by atoms with Crippen molar-refractivity contribution in [1.29, 1.82) is 0 Å². The van der Waals surface area contributed by atoms with Crippen LogP contribution in [0.3, 0.4) is 0 Å². The molecule has 1 N–H and O–H groups in total. The molecule has 1 aliphatic carbocycles. The van der Waals surface area contributed by atoms with Gasteiger partial charge in [0.15, 0.2) is 0 Å². The van der Waals surface area contributed by atoms with Crippen LogP contribution >= 0.6 is 0 Å². The van der Waals surface area contributed by atoms with E-state index in [0.29, 0.717) is 6.04 Å². The SMILES string of the molecule is [C]1=CC=CNC1C1CCCCCC1. The third-order valence-electron chi connectivity index (χ3n) is 3.12. The van der Waals surface area contributed by atoms with Crippen LogP contribution < -0.4 is 5.32 Å². The van der Waals surface area contributed by atoms with Gasteiger partial charge < -0.3 is 5.32 Å². The van der Waals surface area contributed by atoms with Crippen molar-refractivity contribution in [2.24, 2.45) is 5.92 Å². The highest BCUT2D eigenvalue weighted by molar-refractivity contribution is 5.08. The molecule has 1 nitrogen and oxygen atoms in total. The summed E-state index contributed by atoms with van der Waals surface area (Å²) in [4.78, 5) is 0. The summed E-state index contributed by atoms with van der Waals surface area (Å²) in [5.41, 5.74) is 0. The molecular formula is C12H18N. The van der Waals surface area contributed by atoms with Crippen LogP contribution in [0.1, 0.15) is 38.5 Å². The van der Waals surface area contributed by atoms with Gasteiger partial charge in [-0.15, -0.1) is 0 Å². The van der Waals surface area contributed by atoms with Crippen molar-refractivity contribution in [3.05, 3.63) is 24.4 Å². The first-order valence-electron chi connectivity index (χ1n) is 5.47. The first-order valence-corrected chi connectivity index (χ1v) is 5.47. The van der Waals surface area contributed by atoms with Crippen molar-refractivity contribution >= 4 is 0 Å². The van der Waals surface area contributed by atoms with E-state index in [-0.39, 0.29) is 0 Å². The summed E-state index contributed by atoms with van der Waals surface area (Å²) in [7, 11) is 0. The zero-order chi connectivity index (χ0) is 8.93. The molecule has 13 heavy (non-hydrogen) atoms. The maximum Gasteiger partial charge on any atom is 0.0540 e. The standard InChI is InChI=1S/C12H18N/c1-2-4-8-11(7-3-1)12-9-5-6-10-13-12/h5-6,10-13H,1-4,7-8H2. The van der Waals surface area contributed by atoms with Gasteiger partial charge in [-0.1, -0.05) is 31.8 Å². The van der Waals surface area contributed by atoms with Gasteiger partial charge in [0, 0.05) is 0 Å². The van der Waals surface area contributed by atoms with Crippen molar-refractivity contribution in [3.63, 3.8) is 0 Å². The molecule has 0 bridgehead atoms. The number of dihydropyridines is 1. The maximum atomic E-state index is 3.39. The minimum absolute atomic E-state index is 0.489. The monoisotopic (exact) mass is 176 g/mol. The van der Waals surface area contributed by atoms with Gasteiger partial charge in [0.25, 0.3) is 0 Å². The Hall–Kier alpha value is -0.720. The smallest absolute Gasteiger partial charge is 0.0540 e. The van der Waals surface area contributed by atoms with Crippen LogP contribution in [0.4, 0.5) is 0 Å². The highest BCUT2D eigenvalue weighted by Crippen LogP contribution is 2.26. The van der Waals surface area contributed by atoms with Crippen LogP contribution in [0.25, 0.3) is 0 Å². The van der Waals surface area contributed by atoms with Gasteiger partial charge in [0.2, 0.25) is 0 Å². The quantitative estimate of drug-likeness (QED) is 0.606. The minimum Gasteiger partial charge on any atom is -0.384 e. The lowest BCUT2D eigenvalue weighted by Crippen LogP contribution is -2.32. The van der Waals surface area contributed by atoms with E-state index in [1.54, 1.807) is 0 Å². The first-order chi connectivity index (χ1) is 6.47. The Kier molecular flexibility index (Phi) is 3.07. The van der Waals surface area contributed by atoms with Gasteiger partial charge in [0.05, 0.1) is 6.04 Å². The molecule has 0 saturated heterocycles. The summed E-state index contributed by atoms with van der Waals surface area (Å²) in [6, 6.07) is 0.489. The van der Waals surface area contributed by atoms with Gasteiger partial charge in [-0.25, -0.2) is 0 Å². The summed E-state index contributed by atoms with van der Waals surface area (Å²) in [5, 5.41) is 3.39. The zero-order valence-electron chi connectivity index (χ0n) is 8.13. The van der Waals surface area contributed by atoms with Gasteiger partial charge in [-0.2, -0.15) is 0 Å². The van der Waals surface area contributed by atoms with Crippen molar-refractivity contribution in [1.82, 2.24) is 5.32 Å². The van der Waals surface area contributed by atoms with Crippen molar-refractivity contribution in [2.75, 3.05) is 0 Å². The summed E-state index contributed by atoms with van der Waals surface area (Å²) >= 11 is 0. The molecule has 1 fully saturated rings. The largest absolute Gasteiger partial charge is 0.384 e. The minimum atomic E-state index is 0.489. The van der Waals surface area contributed by atoms with Gasteiger partial charge >= 0.3 is 0 Å². The van der Waals surface area contributed by atoms with Crippen LogP contribution in [0, 0.1) is 12.0 Å². The molecule has 0 spiro atoms. The molecule has 1 atom stereocenters. The number of hydrogen-bond donors (Lipinski definition) is 1. The zero-order valence-corrected chi connectivity index (χ0v) is 8.13. The molecule has 1 aliphatic heterocycles. The molecule has 71 valence electrons. The molecule has 0 aromatic rings. The number of rotatable bonds is 1. The topological polar surface area (TPSA) is 12.0 Å². The molecule has 2 rings (SSSR count). The van der Waals surface area contributed by atoms with Crippen molar-refractivity contribution in [3.8, 4) is 0 Å². The molecule has 1 heterocycles. The lowest BCUT2D eigenvalue weighted by atomic mass is 9.91. The van der Waals surface area contributed by atoms with E-state index in [0.717, 1.165) is 5.92 Å². The lowest BCUT2D eigenvalue weighted by Gasteiger charge is -2.24. The Morgan fingerprint density at radius 3 is 2.46 bits per heavy atom. The van der Waals surface area contributed by atoms with E-state index in [1.807, 2.05) is 18.4 Å². The van der Waals surface area contributed by atoms with Crippen LogP contribution in [0.2, 0.25) is 0 Å². The molecular weight excluding hydrogens is 158 g/mol. The molecule has 1 radical (unpaired) electrons. The van der Waals surface area contributed by atoms with Gasteiger partial charge in [-0.05, 0) is 37.1 Å². The van der Waals surface area contributed by atoms with Gasteiger partial charge in [-0.3, -0.25) is 0 Å². The van der Waals surface area contributed by atoms with Crippen molar-refractivity contribution in [2.45, 2.75) is 44.6 Å². The summed E-state index contributed by atoms with van der Waals surface area (Å²) in [6.45, 7) is 0. The number of nitrogens with one attached hydrogen (secondary N) is 1. The predicted molar refractivity (Wildman–Crippen MR) is 55.1 cm³/mol. The Morgan fingerprint density at radius 2 is 1.85 bits per heavy atom. The second-order valence-electron chi connectivity index (χ2n) is 4.09. The van der Waals surface area contributed by atoms with Gasteiger partial charge in [0.1, 0.15) is 0 Å². The van der Waals surface area contributed by atoms with E-state index in [4.69, 9.17) is 0 Å². The average molecular weight is 176 g/mol. The third kappa shape index (κ3) is 2.36. The second kappa shape index (κ2) is 4.50. The molecule has 2 aliphatic rings. The predicted octanol–water partition coefficient (Wildman–Crippen LogP) is 2.80. The lowest BCUT2D eigenvalue weighted by molar-refractivity contribution is 0.380. The second-order valence-corrected chi connectivity index (χ2v) is 4.09. The Bertz CT molecular complexity index is 197. The summed E-state index contributed by atoms with van der Waals surface area (Å²) in [6.07, 6.45) is 18.0. The van der Waals surface area contributed by atoms with E-state index in [2.05, 4.69) is 11.4 Å². The fraction of sp³-hybridized carbons (Fsp3) is 0.667. The Balaban J connectivity index is 1.90. The number of hydrogen-bond acceptors (Lipinski definition) is 1. The molecule has 1 saturated carbocycles. The van der Waals surface area contributed by atoms with Crippen LogP contribution in [0.15, 0.2) is 18.4 Å². The Morgan fingerprint density at radius 1 is 1.08 bits per heavy atom. The molecule has 1 unspecified atom stereocenters. The highest BCUT2D eigenvalue weighted by Gasteiger charge is 2.20. The fourth-order valence-electron chi connectivity index (χ4n) is 2.33.